The van der Waals surface area contributed by atoms with E-state index in [1.165, 1.54) is 17.8 Å². The molecule has 2 aromatic rings. The van der Waals surface area contributed by atoms with Crippen LogP contribution in [0.1, 0.15) is 12.8 Å². The molecule has 2 aliphatic heterocycles. The summed E-state index contributed by atoms with van der Waals surface area (Å²) in [6.07, 6.45) is 8.33. The van der Waals surface area contributed by atoms with Crippen LogP contribution in [-0.2, 0) is 4.79 Å². The van der Waals surface area contributed by atoms with E-state index in [1.54, 1.807) is 24.7 Å². The van der Waals surface area contributed by atoms with Crippen molar-refractivity contribution in [3.05, 3.63) is 42.3 Å². The van der Waals surface area contributed by atoms with Crippen molar-refractivity contribution < 1.29 is 4.79 Å². The van der Waals surface area contributed by atoms with Crippen molar-refractivity contribution in [2.75, 3.05) is 36.8 Å². The van der Waals surface area contributed by atoms with Gasteiger partial charge in [0.25, 0.3) is 0 Å². The van der Waals surface area contributed by atoms with Gasteiger partial charge in [0, 0.05) is 48.7 Å². The molecule has 30 heavy (non-hydrogen) atoms. The maximum absolute atomic E-state index is 12.0. The number of amides is 1. The van der Waals surface area contributed by atoms with Crippen LogP contribution in [0.4, 0.5) is 11.6 Å². The summed E-state index contributed by atoms with van der Waals surface area (Å²) in [5.74, 6) is 1.09. The van der Waals surface area contributed by atoms with Gasteiger partial charge in [0.05, 0.1) is 17.4 Å². The molecule has 4 rings (SSSR count). The Labute approximate surface area is 184 Å². The quantitative estimate of drug-likeness (QED) is 0.688. The first-order valence-corrected chi connectivity index (χ1v) is 10.9. The maximum atomic E-state index is 12.0. The first-order chi connectivity index (χ1) is 14.4. The van der Waals surface area contributed by atoms with Crippen LogP contribution in [0.25, 0.3) is 0 Å². The monoisotopic (exact) mass is 445 g/mol. The number of carbonyl (C=O) groups is 1. The average molecular weight is 446 g/mol. The van der Waals surface area contributed by atoms with Crippen LogP contribution in [0.5, 0.6) is 0 Å². The minimum Gasteiger partial charge on any atom is -0.382 e. The SMILES string of the molecule is C=CC(=O)N1C[C@@H](N)C2(CCN(c3cnc(Sc4ccnc(N)c4Cl)cn3)CC2)C1. The molecule has 0 radical (unpaired) electrons. The van der Waals surface area contributed by atoms with Crippen LogP contribution < -0.4 is 16.4 Å². The van der Waals surface area contributed by atoms with Gasteiger partial charge in [-0.05, 0) is 25.0 Å². The van der Waals surface area contributed by atoms with Crippen LogP contribution in [0.2, 0.25) is 5.02 Å². The Morgan fingerprint density at radius 3 is 2.73 bits per heavy atom. The fourth-order valence-corrected chi connectivity index (χ4v) is 5.14. The van der Waals surface area contributed by atoms with E-state index in [2.05, 4.69) is 26.4 Å². The predicted octanol–water partition coefficient (Wildman–Crippen LogP) is 2.20. The summed E-state index contributed by atoms with van der Waals surface area (Å²) < 4.78 is 0. The van der Waals surface area contributed by atoms with Crippen molar-refractivity contribution in [2.45, 2.75) is 28.8 Å². The highest BCUT2D eigenvalue weighted by atomic mass is 35.5. The lowest BCUT2D eigenvalue weighted by molar-refractivity contribution is -0.125. The van der Waals surface area contributed by atoms with E-state index < -0.39 is 0 Å². The number of hydrogen-bond acceptors (Lipinski definition) is 8. The molecular formula is C20H24ClN7OS. The van der Waals surface area contributed by atoms with E-state index >= 15 is 0 Å². The topological polar surface area (TPSA) is 114 Å². The van der Waals surface area contributed by atoms with E-state index in [1.807, 2.05) is 4.90 Å². The first-order valence-electron chi connectivity index (χ1n) is 9.73. The van der Waals surface area contributed by atoms with E-state index in [0.717, 1.165) is 41.7 Å². The Bertz CT molecular complexity index is 947. The van der Waals surface area contributed by atoms with Gasteiger partial charge in [-0.3, -0.25) is 4.79 Å². The minimum atomic E-state index is -0.0419. The van der Waals surface area contributed by atoms with Gasteiger partial charge in [0.2, 0.25) is 5.91 Å². The lowest BCUT2D eigenvalue weighted by Gasteiger charge is -2.41. The Hall–Kier alpha value is -2.36. The average Bonchev–Trinajstić information content (AvgIpc) is 3.08. The fraction of sp³-hybridized carbons (Fsp3) is 0.400. The minimum absolute atomic E-state index is 0.00837. The lowest BCUT2D eigenvalue weighted by atomic mass is 9.75. The zero-order valence-corrected chi connectivity index (χ0v) is 18.1. The number of piperidine rings is 1. The van der Waals surface area contributed by atoms with E-state index in [-0.39, 0.29) is 17.4 Å². The molecule has 8 nitrogen and oxygen atoms in total. The zero-order chi connectivity index (χ0) is 21.3. The highest BCUT2D eigenvalue weighted by Crippen LogP contribution is 2.41. The Kier molecular flexibility index (Phi) is 5.86. The number of nitrogens with zero attached hydrogens (tertiary/aromatic N) is 5. The van der Waals surface area contributed by atoms with Crippen molar-refractivity contribution in [3.8, 4) is 0 Å². The van der Waals surface area contributed by atoms with Crippen LogP contribution >= 0.6 is 23.4 Å². The highest BCUT2D eigenvalue weighted by Gasteiger charge is 2.47. The van der Waals surface area contributed by atoms with Crippen molar-refractivity contribution >= 4 is 40.9 Å². The molecule has 2 saturated heterocycles. The standard InChI is InChI=1S/C20H24ClN7OS/c1-2-17(29)28-11-14(22)20(12-28)4-7-27(8-5-20)15-9-26-16(10-25-15)30-13-3-6-24-19(23)18(13)21/h2-3,6,9-10,14H,1,4-5,7-8,11-12,22H2,(H2,23,24)/t14-/m1/s1. The van der Waals surface area contributed by atoms with E-state index in [4.69, 9.17) is 23.1 Å². The number of pyridine rings is 1. The van der Waals surface area contributed by atoms with Crippen LogP contribution in [0.15, 0.2) is 47.2 Å². The van der Waals surface area contributed by atoms with Gasteiger partial charge >= 0.3 is 0 Å². The number of anilines is 2. The van der Waals surface area contributed by atoms with Crippen molar-refractivity contribution in [2.24, 2.45) is 11.1 Å². The van der Waals surface area contributed by atoms with Gasteiger partial charge < -0.3 is 21.3 Å². The number of hydrogen-bond donors (Lipinski definition) is 2. The molecule has 0 aromatic carbocycles. The fourth-order valence-electron chi connectivity index (χ4n) is 4.16. The molecule has 2 aromatic heterocycles. The zero-order valence-electron chi connectivity index (χ0n) is 16.5. The Morgan fingerprint density at radius 1 is 1.30 bits per heavy atom. The largest absolute Gasteiger partial charge is 0.382 e. The van der Waals surface area contributed by atoms with Gasteiger partial charge in [-0.15, -0.1) is 0 Å². The first kappa shape index (κ1) is 20.9. The van der Waals surface area contributed by atoms with Gasteiger partial charge in [0.1, 0.15) is 16.7 Å². The molecule has 2 fully saturated rings. The molecule has 158 valence electrons. The second kappa shape index (κ2) is 8.41. The third-order valence-corrected chi connectivity index (χ3v) is 7.48. The summed E-state index contributed by atoms with van der Waals surface area (Å²) >= 11 is 7.60. The number of halogens is 1. The van der Waals surface area contributed by atoms with Crippen molar-refractivity contribution in [1.82, 2.24) is 19.9 Å². The molecule has 0 saturated carbocycles. The third-order valence-electron chi connectivity index (χ3n) is 5.99. The second-order valence-electron chi connectivity index (χ2n) is 7.70. The molecule has 0 unspecified atom stereocenters. The summed E-state index contributed by atoms with van der Waals surface area (Å²) in [5.41, 5.74) is 12.1. The highest BCUT2D eigenvalue weighted by molar-refractivity contribution is 7.99. The molecule has 10 heteroatoms. The maximum Gasteiger partial charge on any atom is 0.246 e. The van der Waals surface area contributed by atoms with E-state index in [0.29, 0.717) is 23.9 Å². The predicted molar refractivity (Wildman–Crippen MR) is 118 cm³/mol. The van der Waals surface area contributed by atoms with Gasteiger partial charge in [-0.2, -0.15) is 0 Å². The van der Waals surface area contributed by atoms with Crippen LogP contribution in [-0.4, -0.2) is 58.0 Å². The van der Waals surface area contributed by atoms with Gasteiger partial charge in [0.15, 0.2) is 0 Å². The normalized spacial score (nSPS) is 20.5. The Morgan fingerprint density at radius 2 is 2.07 bits per heavy atom. The van der Waals surface area contributed by atoms with E-state index in [9.17, 15) is 4.79 Å². The van der Waals surface area contributed by atoms with Crippen LogP contribution in [0, 0.1) is 5.41 Å². The molecule has 4 N–H and O–H groups in total. The smallest absolute Gasteiger partial charge is 0.246 e. The van der Waals surface area contributed by atoms with Crippen LogP contribution in [0.3, 0.4) is 0 Å². The molecular weight excluding hydrogens is 422 g/mol. The number of aromatic nitrogens is 3. The van der Waals surface area contributed by atoms with Gasteiger partial charge in [-0.25, -0.2) is 15.0 Å². The molecule has 1 spiro atoms. The summed E-state index contributed by atoms with van der Waals surface area (Å²) in [6.45, 7) is 6.54. The molecule has 4 heterocycles. The third kappa shape index (κ3) is 3.97. The number of nitrogens with two attached hydrogens (primary N) is 2. The summed E-state index contributed by atoms with van der Waals surface area (Å²) in [4.78, 5) is 29.9. The molecule has 2 aliphatic rings. The molecule has 0 aliphatic carbocycles. The molecule has 0 bridgehead atoms. The summed E-state index contributed by atoms with van der Waals surface area (Å²) in [6, 6.07) is 1.79. The Balaban J connectivity index is 1.39. The van der Waals surface area contributed by atoms with Crippen molar-refractivity contribution in [3.63, 3.8) is 0 Å². The number of rotatable bonds is 4. The molecule has 1 amide bonds. The van der Waals surface area contributed by atoms with Gasteiger partial charge in [-0.1, -0.05) is 29.9 Å². The number of likely N-dealkylation sites (tertiary alicyclic amines) is 1. The number of carbonyl (C=O) groups excluding carboxylic acids is 1. The summed E-state index contributed by atoms with van der Waals surface area (Å²) in [7, 11) is 0. The lowest BCUT2D eigenvalue weighted by Crippen LogP contribution is -2.49. The second-order valence-corrected chi connectivity index (χ2v) is 9.14. The van der Waals surface area contributed by atoms with Crippen molar-refractivity contribution in [1.29, 1.82) is 0 Å². The summed E-state index contributed by atoms with van der Waals surface area (Å²) in [5, 5.41) is 1.16. The molecule has 1 atom stereocenters. The number of nitrogen functional groups attached to an aromatic ring is 1.